The summed E-state index contributed by atoms with van der Waals surface area (Å²) in [5.74, 6) is 37.4. The van der Waals surface area contributed by atoms with Crippen LogP contribution in [0.1, 0.15) is 328 Å². The highest BCUT2D eigenvalue weighted by Gasteiger charge is 2.15. The third kappa shape index (κ3) is 32.8. The summed E-state index contributed by atoms with van der Waals surface area (Å²) in [6.07, 6.45) is 54.5. The Morgan fingerprint density at radius 2 is 0.365 bits per heavy atom. The monoisotopic (exact) mass is 1290 g/mol. The lowest BCUT2D eigenvalue weighted by Crippen LogP contribution is -2.03. The fourth-order valence-corrected chi connectivity index (χ4v) is 11.2. The standard InChI is InChI=1S/C90H118O6/c1-9-17-23-29-35-41-63-91-85-71-81(87(69-79(85)15-7)93-65-43-37-31-25-19-11-3)59-55-75-47-51-77(52-48-75)57-61-83-73-90(96-68-46-40-34-28-22-14-6)84(74-89(83)95-67-45-39-33-27-21-13-5)62-58-78-53-49-76(50-54-78)56-60-82-72-86(92-64-42-36-30-24-18-10-2)80(16-8)70-88(82)94-66-44-38-32-26-20-12-4/h7-8,47-54,69-74H,9-14,17-46,63-68H2,1-6H3. The quantitative estimate of drug-likeness (QED) is 0.0286. The Bertz CT molecular complexity index is 3080. The third-order valence-electron chi connectivity index (χ3n) is 17.2. The van der Waals surface area contributed by atoms with Crippen molar-refractivity contribution < 1.29 is 28.4 Å². The maximum absolute atomic E-state index is 6.66. The van der Waals surface area contributed by atoms with Crippen LogP contribution in [-0.2, 0) is 0 Å². The summed E-state index contributed by atoms with van der Waals surface area (Å²) in [5.41, 5.74) is 7.86. The molecule has 0 spiro atoms. The number of ether oxygens (including phenoxy) is 6. The normalized spacial score (nSPS) is 10.5. The Hall–Kier alpha value is -7.74. The minimum Gasteiger partial charge on any atom is -0.492 e. The van der Waals surface area contributed by atoms with E-state index < -0.39 is 0 Å². The molecule has 0 amide bonds. The van der Waals surface area contributed by atoms with Crippen LogP contribution in [0.4, 0.5) is 0 Å². The summed E-state index contributed by atoms with van der Waals surface area (Å²) < 4.78 is 38.8. The summed E-state index contributed by atoms with van der Waals surface area (Å²) in [7, 11) is 0. The van der Waals surface area contributed by atoms with Crippen molar-refractivity contribution in [1.82, 2.24) is 0 Å². The molecule has 6 nitrogen and oxygen atoms in total. The second-order valence-corrected chi connectivity index (χ2v) is 25.7. The van der Waals surface area contributed by atoms with Gasteiger partial charge in [0.25, 0.3) is 0 Å². The van der Waals surface area contributed by atoms with Crippen LogP contribution in [0, 0.1) is 72.1 Å². The first-order valence-electron chi connectivity index (χ1n) is 37.9. The van der Waals surface area contributed by atoms with Crippen LogP contribution in [-0.4, -0.2) is 39.6 Å². The lowest BCUT2D eigenvalue weighted by atomic mass is 10.1. The molecule has 0 saturated carbocycles. The van der Waals surface area contributed by atoms with Crippen molar-refractivity contribution in [3.05, 3.63) is 141 Å². The van der Waals surface area contributed by atoms with Crippen LogP contribution < -0.4 is 28.4 Å². The van der Waals surface area contributed by atoms with Gasteiger partial charge in [-0.15, -0.1) is 12.8 Å². The van der Waals surface area contributed by atoms with E-state index >= 15 is 0 Å². The lowest BCUT2D eigenvalue weighted by Gasteiger charge is -2.14. The molecule has 514 valence electrons. The van der Waals surface area contributed by atoms with Crippen molar-refractivity contribution in [2.75, 3.05) is 39.6 Å². The van der Waals surface area contributed by atoms with E-state index in [9.17, 15) is 0 Å². The molecule has 0 atom stereocenters. The van der Waals surface area contributed by atoms with Gasteiger partial charge in [0.15, 0.2) is 0 Å². The molecule has 0 unspecified atom stereocenters. The Balaban J connectivity index is 1.44. The van der Waals surface area contributed by atoms with Gasteiger partial charge in [-0.25, -0.2) is 0 Å². The highest BCUT2D eigenvalue weighted by Crippen LogP contribution is 2.33. The second kappa shape index (κ2) is 51.5. The molecule has 0 heterocycles. The van der Waals surface area contributed by atoms with Crippen molar-refractivity contribution in [3.8, 4) is 107 Å². The molecular formula is C90H118O6. The summed E-state index contributed by atoms with van der Waals surface area (Å²) in [6, 6.07) is 28.0. The first-order valence-corrected chi connectivity index (χ1v) is 37.9. The van der Waals surface area contributed by atoms with E-state index in [-0.39, 0.29) is 0 Å². The average Bonchev–Trinajstić information content (AvgIpc) is 1.18. The molecule has 0 aliphatic rings. The smallest absolute Gasteiger partial charge is 0.136 e. The number of terminal acetylenes is 2. The summed E-state index contributed by atoms with van der Waals surface area (Å²) >= 11 is 0. The van der Waals surface area contributed by atoms with E-state index in [0.29, 0.717) is 85.3 Å². The van der Waals surface area contributed by atoms with Crippen LogP contribution in [0.2, 0.25) is 0 Å². The Morgan fingerprint density at radius 1 is 0.208 bits per heavy atom. The van der Waals surface area contributed by atoms with E-state index in [1.54, 1.807) is 0 Å². The van der Waals surface area contributed by atoms with Gasteiger partial charge < -0.3 is 28.4 Å². The lowest BCUT2D eigenvalue weighted by molar-refractivity contribution is 0.295. The minimum absolute atomic E-state index is 0.583. The Kier molecular flexibility index (Phi) is 42.4. The molecule has 0 radical (unpaired) electrons. The predicted molar refractivity (Wildman–Crippen MR) is 405 cm³/mol. The van der Waals surface area contributed by atoms with E-state index in [0.717, 1.165) is 122 Å². The topological polar surface area (TPSA) is 55.4 Å². The van der Waals surface area contributed by atoms with E-state index in [2.05, 4.69) is 101 Å². The Labute approximate surface area is 584 Å². The van der Waals surface area contributed by atoms with Gasteiger partial charge in [-0.05, 0) is 87.1 Å². The van der Waals surface area contributed by atoms with Gasteiger partial charge in [-0.2, -0.15) is 0 Å². The summed E-state index contributed by atoms with van der Waals surface area (Å²) in [4.78, 5) is 0. The second-order valence-electron chi connectivity index (χ2n) is 25.7. The van der Waals surface area contributed by atoms with Gasteiger partial charge >= 0.3 is 0 Å². The molecule has 96 heavy (non-hydrogen) atoms. The number of hydrogen-bond acceptors (Lipinski definition) is 6. The number of benzene rings is 5. The number of rotatable bonds is 48. The largest absolute Gasteiger partial charge is 0.492 e. The SMILES string of the molecule is C#Cc1cc(OCCCCCCCC)c(C#Cc2ccc(C#Cc3cc(OCCCCCCCC)c(C#Cc4ccc(C#Cc5cc(OCCCCCCCC)c(C#C)cc5OCCCCCCCC)cc4)cc3OCCCCCCCC)cc2)cc1OCCCCCCCC. The Morgan fingerprint density at radius 3 is 0.542 bits per heavy atom. The summed E-state index contributed by atoms with van der Waals surface area (Å²) in [6.45, 7) is 17.1. The van der Waals surface area contributed by atoms with Crippen LogP contribution in [0.3, 0.4) is 0 Å². The molecule has 0 fully saturated rings. The molecule has 0 N–H and O–H groups in total. The highest BCUT2D eigenvalue weighted by molar-refractivity contribution is 5.63. The van der Waals surface area contributed by atoms with E-state index in [4.69, 9.17) is 41.3 Å². The van der Waals surface area contributed by atoms with Gasteiger partial charge in [0.05, 0.1) is 73.0 Å². The van der Waals surface area contributed by atoms with Crippen LogP contribution in [0.5, 0.6) is 34.5 Å². The van der Waals surface area contributed by atoms with Gasteiger partial charge in [0.1, 0.15) is 34.5 Å². The number of unbranched alkanes of at least 4 members (excludes halogenated alkanes) is 30. The predicted octanol–water partition coefficient (Wildman–Crippen LogP) is 23.7. The fourth-order valence-electron chi connectivity index (χ4n) is 11.2. The molecule has 5 rings (SSSR count). The zero-order valence-corrected chi connectivity index (χ0v) is 60.4. The average molecular weight is 1300 g/mol. The van der Waals surface area contributed by atoms with Crippen molar-refractivity contribution >= 4 is 0 Å². The van der Waals surface area contributed by atoms with Crippen LogP contribution >= 0.6 is 0 Å². The molecule has 0 saturated heterocycles. The van der Waals surface area contributed by atoms with Crippen molar-refractivity contribution in [3.63, 3.8) is 0 Å². The fraction of sp³-hybridized carbons (Fsp3) is 0.533. The third-order valence-corrected chi connectivity index (χ3v) is 17.2. The first kappa shape index (κ1) is 79.0. The van der Waals surface area contributed by atoms with Crippen molar-refractivity contribution in [2.45, 2.75) is 273 Å². The maximum atomic E-state index is 6.66. The van der Waals surface area contributed by atoms with Gasteiger partial charge in [-0.3, -0.25) is 0 Å². The first-order chi connectivity index (χ1) is 47.4. The molecule has 0 bridgehead atoms. The zero-order chi connectivity index (χ0) is 68.1. The molecular weight excluding hydrogens is 1180 g/mol. The number of hydrogen-bond donors (Lipinski definition) is 0. The molecule has 5 aromatic rings. The van der Waals surface area contributed by atoms with E-state index in [1.165, 1.54) is 154 Å². The van der Waals surface area contributed by atoms with Crippen LogP contribution in [0.25, 0.3) is 0 Å². The maximum Gasteiger partial charge on any atom is 0.136 e. The van der Waals surface area contributed by atoms with Gasteiger partial charge in [0.2, 0.25) is 0 Å². The van der Waals surface area contributed by atoms with Crippen molar-refractivity contribution in [2.24, 2.45) is 0 Å². The highest BCUT2D eigenvalue weighted by atomic mass is 16.5. The van der Waals surface area contributed by atoms with Crippen molar-refractivity contribution in [1.29, 1.82) is 0 Å². The van der Waals surface area contributed by atoms with Gasteiger partial charge in [0, 0.05) is 58.7 Å². The molecule has 0 aromatic heterocycles. The summed E-state index contributed by atoms with van der Waals surface area (Å²) in [5, 5.41) is 0. The zero-order valence-electron chi connectivity index (χ0n) is 60.4. The molecule has 5 aromatic carbocycles. The van der Waals surface area contributed by atoms with Gasteiger partial charge in [-0.1, -0.05) is 293 Å². The minimum atomic E-state index is 0.583. The molecule has 0 aliphatic carbocycles. The molecule has 0 aliphatic heterocycles. The molecule has 6 heteroatoms. The van der Waals surface area contributed by atoms with E-state index in [1.807, 2.05) is 84.9 Å². The van der Waals surface area contributed by atoms with Crippen LogP contribution in [0.15, 0.2) is 84.9 Å².